The van der Waals surface area contributed by atoms with Crippen LogP contribution in [0.2, 0.25) is 5.02 Å². The summed E-state index contributed by atoms with van der Waals surface area (Å²) in [4.78, 5) is 14.2. The summed E-state index contributed by atoms with van der Waals surface area (Å²) < 4.78 is 5.63. The third-order valence-electron chi connectivity index (χ3n) is 3.98. The third-order valence-corrected chi connectivity index (χ3v) is 5.03. The van der Waals surface area contributed by atoms with E-state index in [0.29, 0.717) is 28.3 Å². The fourth-order valence-electron chi connectivity index (χ4n) is 2.71. The summed E-state index contributed by atoms with van der Waals surface area (Å²) in [7, 11) is 0. The molecule has 128 valence electrons. The van der Waals surface area contributed by atoms with Crippen molar-refractivity contribution in [2.75, 3.05) is 18.8 Å². The summed E-state index contributed by atoms with van der Waals surface area (Å²) in [5, 5.41) is 9.17. The molecule has 0 aliphatic carbocycles. The highest BCUT2D eigenvalue weighted by molar-refractivity contribution is 7.99. The van der Waals surface area contributed by atoms with E-state index < -0.39 is 0 Å². The second-order valence-electron chi connectivity index (χ2n) is 5.78. The highest BCUT2D eigenvalue weighted by Crippen LogP contribution is 2.25. The Bertz CT molecular complexity index is 684. The minimum absolute atomic E-state index is 0.221. The molecule has 1 aliphatic heterocycles. The molecule has 1 saturated heterocycles. The average molecular weight is 366 g/mol. The largest absolute Gasteiger partial charge is 0.411 e. The van der Waals surface area contributed by atoms with E-state index in [0.717, 1.165) is 31.5 Å². The molecule has 0 N–H and O–H groups in total. The van der Waals surface area contributed by atoms with Crippen molar-refractivity contribution >= 4 is 29.3 Å². The molecule has 0 saturated carbocycles. The number of carbonyl (C=O) groups is 1. The van der Waals surface area contributed by atoms with Crippen LogP contribution in [0, 0.1) is 0 Å². The van der Waals surface area contributed by atoms with E-state index >= 15 is 0 Å². The Kier molecular flexibility index (Phi) is 6.15. The maximum Gasteiger partial charge on any atom is 0.276 e. The standard InChI is InChI=1S/C17H20ClN3O2S/c18-14-7-5-6-13(12-14)16-19-20-17(23-16)24-11-8-15(22)21-9-3-1-2-4-10-21/h5-7,12H,1-4,8-11H2. The van der Waals surface area contributed by atoms with E-state index in [9.17, 15) is 4.79 Å². The fraction of sp³-hybridized carbons (Fsp3) is 0.471. The van der Waals surface area contributed by atoms with Crippen LogP contribution in [0.5, 0.6) is 0 Å². The van der Waals surface area contributed by atoms with Gasteiger partial charge in [-0.3, -0.25) is 4.79 Å². The Morgan fingerprint density at radius 2 is 2.00 bits per heavy atom. The van der Waals surface area contributed by atoms with E-state index in [1.54, 1.807) is 12.1 Å². The maximum absolute atomic E-state index is 12.2. The molecule has 7 heteroatoms. The zero-order valence-electron chi connectivity index (χ0n) is 13.4. The number of carbonyl (C=O) groups excluding carboxylic acids is 1. The molecule has 1 aromatic heterocycles. The zero-order chi connectivity index (χ0) is 16.8. The van der Waals surface area contributed by atoms with Gasteiger partial charge in [-0.05, 0) is 31.0 Å². The number of nitrogens with zero attached hydrogens (tertiary/aromatic N) is 3. The summed E-state index contributed by atoms with van der Waals surface area (Å²) in [6.45, 7) is 1.78. The van der Waals surface area contributed by atoms with E-state index in [4.69, 9.17) is 16.0 Å². The van der Waals surface area contributed by atoms with Crippen LogP contribution in [0.15, 0.2) is 33.9 Å². The van der Waals surface area contributed by atoms with Crippen LogP contribution in [0.3, 0.4) is 0 Å². The van der Waals surface area contributed by atoms with Gasteiger partial charge in [0.25, 0.3) is 5.22 Å². The SMILES string of the molecule is O=C(CCSc1nnc(-c2cccc(Cl)c2)o1)N1CCCCCC1. The van der Waals surface area contributed by atoms with Crippen molar-refractivity contribution in [2.24, 2.45) is 0 Å². The summed E-state index contributed by atoms with van der Waals surface area (Å²) in [6.07, 6.45) is 5.19. The third kappa shape index (κ3) is 4.74. The van der Waals surface area contributed by atoms with E-state index in [1.165, 1.54) is 24.6 Å². The minimum Gasteiger partial charge on any atom is -0.411 e. The van der Waals surface area contributed by atoms with E-state index in [1.807, 2.05) is 17.0 Å². The molecule has 1 aliphatic rings. The average Bonchev–Trinajstić information content (AvgIpc) is 2.88. The van der Waals surface area contributed by atoms with Crippen LogP contribution >= 0.6 is 23.4 Å². The number of benzene rings is 1. The first-order chi connectivity index (χ1) is 11.7. The van der Waals surface area contributed by atoms with Crippen molar-refractivity contribution in [3.63, 3.8) is 0 Å². The Labute approximate surface area is 150 Å². The monoisotopic (exact) mass is 365 g/mol. The molecule has 24 heavy (non-hydrogen) atoms. The lowest BCUT2D eigenvalue weighted by atomic mass is 10.2. The van der Waals surface area contributed by atoms with Gasteiger partial charge in [-0.1, -0.05) is 42.3 Å². The van der Waals surface area contributed by atoms with Gasteiger partial charge >= 0.3 is 0 Å². The smallest absolute Gasteiger partial charge is 0.276 e. The Morgan fingerprint density at radius 1 is 1.21 bits per heavy atom. The number of amides is 1. The summed E-state index contributed by atoms with van der Waals surface area (Å²) >= 11 is 7.39. The lowest BCUT2D eigenvalue weighted by Gasteiger charge is -2.19. The molecule has 5 nitrogen and oxygen atoms in total. The van der Waals surface area contributed by atoms with Gasteiger partial charge in [0, 0.05) is 35.8 Å². The Hall–Kier alpha value is -1.53. The summed E-state index contributed by atoms with van der Waals surface area (Å²) in [5.41, 5.74) is 0.794. The second-order valence-corrected chi connectivity index (χ2v) is 7.26. The first-order valence-corrected chi connectivity index (χ1v) is 9.59. The van der Waals surface area contributed by atoms with E-state index in [2.05, 4.69) is 10.2 Å². The lowest BCUT2D eigenvalue weighted by Crippen LogP contribution is -2.31. The van der Waals surface area contributed by atoms with Crippen LogP contribution in [-0.2, 0) is 4.79 Å². The highest BCUT2D eigenvalue weighted by Gasteiger charge is 2.16. The number of thioether (sulfide) groups is 1. The van der Waals surface area contributed by atoms with Crippen molar-refractivity contribution in [3.05, 3.63) is 29.3 Å². The molecule has 1 fully saturated rings. The molecule has 3 rings (SSSR count). The quantitative estimate of drug-likeness (QED) is 0.740. The molecular weight excluding hydrogens is 346 g/mol. The normalized spacial score (nSPS) is 15.3. The van der Waals surface area contributed by atoms with Gasteiger partial charge in [0.2, 0.25) is 11.8 Å². The number of hydrogen-bond donors (Lipinski definition) is 0. The second kappa shape index (κ2) is 8.53. The molecule has 1 amide bonds. The summed E-state index contributed by atoms with van der Waals surface area (Å²) in [5.74, 6) is 1.31. The van der Waals surface area contributed by atoms with Gasteiger partial charge in [0.1, 0.15) is 0 Å². The van der Waals surface area contributed by atoms with Crippen LogP contribution < -0.4 is 0 Å². The van der Waals surface area contributed by atoms with Gasteiger partial charge in [-0.25, -0.2) is 0 Å². The highest BCUT2D eigenvalue weighted by atomic mass is 35.5. The predicted octanol–water partition coefficient (Wildman–Crippen LogP) is 4.27. The topological polar surface area (TPSA) is 59.2 Å². The van der Waals surface area contributed by atoms with Gasteiger partial charge in [-0.15, -0.1) is 10.2 Å². The molecule has 0 bridgehead atoms. The fourth-order valence-corrected chi connectivity index (χ4v) is 3.59. The molecule has 0 unspecified atom stereocenters. The van der Waals surface area contributed by atoms with Gasteiger partial charge in [0.05, 0.1) is 0 Å². The molecule has 2 aromatic rings. The molecule has 0 spiro atoms. The van der Waals surface area contributed by atoms with Crippen LogP contribution in [0.4, 0.5) is 0 Å². The predicted molar refractivity (Wildman–Crippen MR) is 95.1 cm³/mol. The Morgan fingerprint density at radius 3 is 2.75 bits per heavy atom. The van der Waals surface area contributed by atoms with E-state index in [-0.39, 0.29) is 5.91 Å². The molecule has 1 aromatic carbocycles. The van der Waals surface area contributed by atoms with Crippen molar-refractivity contribution in [2.45, 2.75) is 37.3 Å². The van der Waals surface area contributed by atoms with Crippen molar-refractivity contribution in [3.8, 4) is 11.5 Å². The molecule has 0 atom stereocenters. The number of rotatable bonds is 5. The molecule has 2 heterocycles. The molecular formula is C17H20ClN3O2S. The minimum atomic E-state index is 0.221. The van der Waals surface area contributed by atoms with Gasteiger partial charge < -0.3 is 9.32 Å². The Balaban J connectivity index is 1.49. The summed E-state index contributed by atoms with van der Waals surface area (Å²) in [6, 6.07) is 7.29. The van der Waals surface area contributed by atoms with Crippen molar-refractivity contribution in [1.29, 1.82) is 0 Å². The number of halogens is 1. The van der Waals surface area contributed by atoms with Gasteiger partial charge in [0.15, 0.2) is 0 Å². The van der Waals surface area contributed by atoms with Crippen molar-refractivity contribution < 1.29 is 9.21 Å². The number of aromatic nitrogens is 2. The maximum atomic E-state index is 12.2. The first kappa shape index (κ1) is 17.3. The first-order valence-electron chi connectivity index (χ1n) is 8.22. The van der Waals surface area contributed by atoms with Crippen LogP contribution in [0.1, 0.15) is 32.1 Å². The number of likely N-dealkylation sites (tertiary alicyclic amines) is 1. The van der Waals surface area contributed by atoms with Crippen LogP contribution in [-0.4, -0.2) is 39.8 Å². The molecule has 0 radical (unpaired) electrons. The zero-order valence-corrected chi connectivity index (χ0v) is 15.0. The number of hydrogen-bond acceptors (Lipinski definition) is 5. The lowest BCUT2D eigenvalue weighted by molar-refractivity contribution is -0.130. The van der Waals surface area contributed by atoms with Gasteiger partial charge in [-0.2, -0.15) is 0 Å². The van der Waals surface area contributed by atoms with Crippen molar-refractivity contribution in [1.82, 2.24) is 15.1 Å². The van der Waals surface area contributed by atoms with Crippen LogP contribution in [0.25, 0.3) is 11.5 Å².